The van der Waals surface area contributed by atoms with Crippen molar-refractivity contribution in [3.8, 4) is 0 Å². The number of esters is 1. The monoisotopic (exact) mass is 229 g/mol. The molecule has 2 aromatic rings. The summed E-state index contributed by atoms with van der Waals surface area (Å²) in [5.41, 5.74) is 2.90. The first kappa shape index (κ1) is 11.5. The topological polar surface area (TPSA) is 31.2 Å². The molecule has 17 heavy (non-hydrogen) atoms. The van der Waals surface area contributed by atoms with E-state index in [-0.39, 0.29) is 5.97 Å². The lowest BCUT2D eigenvalue weighted by Crippen LogP contribution is -2.09. The number of carbonyl (C=O) groups is 1. The first-order valence-corrected chi connectivity index (χ1v) is 5.49. The Balaban J connectivity index is 2.24. The van der Waals surface area contributed by atoms with E-state index in [4.69, 9.17) is 4.74 Å². The number of methoxy groups -OCH3 is 1. The first-order chi connectivity index (χ1) is 8.22. The quantitative estimate of drug-likeness (QED) is 0.757. The summed E-state index contributed by atoms with van der Waals surface area (Å²) < 4.78 is 6.59. The molecule has 0 aliphatic rings. The molecule has 0 fully saturated rings. The number of rotatable bonds is 3. The fraction of sp³-hybridized carbons (Fsp3) is 0.214. The van der Waals surface area contributed by atoms with Crippen LogP contribution in [-0.4, -0.2) is 17.6 Å². The molecule has 1 aromatic carbocycles. The molecule has 0 radical (unpaired) electrons. The highest BCUT2D eigenvalue weighted by Crippen LogP contribution is 2.13. The van der Waals surface area contributed by atoms with E-state index >= 15 is 0 Å². The Bertz CT molecular complexity index is 514. The van der Waals surface area contributed by atoms with Crippen LogP contribution in [-0.2, 0) is 18.2 Å². The summed E-state index contributed by atoms with van der Waals surface area (Å²) in [6.45, 7) is 0. The predicted molar refractivity (Wildman–Crippen MR) is 66.0 cm³/mol. The minimum absolute atomic E-state index is 0.299. The molecule has 0 saturated carbocycles. The molecule has 0 N–H and O–H groups in total. The Morgan fingerprint density at radius 2 is 1.88 bits per heavy atom. The molecule has 2 rings (SSSR count). The van der Waals surface area contributed by atoms with Gasteiger partial charge in [0.15, 0.2) is 0 Å². The van der Waals surface area contributed by atoms with Crippen molar-refractivity contribution in [2.24, 2.45) is 7.05 Å². The van der Waals surface area contributed by atoms with Crippen LogP contribution >= 0.6 is 0 Å². The highest BCUT2D eigenvalue weighted by atomic mass is 16.5. The Morgan fingerprint density at radius 1 is 1.18 bits per heavy atom. The van der Waals surface area contributed by atoms with Gasteiger partial charge in [-0.25, -0.2) is 4.79 Å². The summed E-state index contributed by atoms with van der Waals surface area (Å²) in [5.74, 6) is -0.299. The minimum atomic E-state index is -0.299. The third-order valence-corrected chi connectivity index (χ3v) is 2.85. The average molecular weight is 229 g/mol. The van der Waals surface area contributed by atoms with Crippen LogP contribution in [0.25, 0.3) is 0 Å². The lowest BCUT2D eigenvalue weighted by molar-refractivity contribution is 0.0589. The lowest BCUT2D eigenvalue weighted by Gasteiger charge is -2.06. The van der Waals surface area contributed by atoms with Crippen LogP contribution in [0.15, 0.2) is 42.5 Å². The SMILES string of the molecule is COC(=O)c1ccc(Cc2ccccc2)n1C. The van der Waals surface area contributed by atoms with Crippen LogP contribution < -0.4 is 0 Å². The molecule has 3 heteroatoms. The maximum Gasteiger partial charge on any atom is 0.354 e. The number of hydrogen-bond donors (Lipinski definition) is 0. The van der Waals surface area contributed by atoms with Crippen molar-refractivity contribution < 1.29 is 9.53 Å². The number of benzene rings is 1. The van der Waals surface area contributed by atoms with Crippen molar-refractivity contribution in [1.29, 1.82) is 0 Å². The molecular weight excluding hydrogens is 214 g/mol. The molecule has 0 aliphatic heterocycles. The maximum absolute atomic E-state index is 11.5. The predicted octanol–water partition coefficient (Wildman–Crippen LogP) is 2.40. The fourth-order valence-corrected chi connectivity index (χ4v) is 1.85. The molecule has 0 saturated heterocycles. The highest BCUT2D eigenvalue weighted by Gasteiger charge is 2.12. The van der Waals surface area contributed by atoms with Crippen LogP contribution in [0.2, 0.25) is 0 Å². The van der Waals surface area contributed by atoms with Gasteiger partial charge in [-0.1, -0.05) is 30.3 Å². The van der Waals surface area contributed by atoms with E-state index in [0.717, 1.165) is 12.1 Å². The zero-order valence-corrected chi connectivity index (χ0v) is 10.0. The van der Waals surface area contributed by atoms with Gasteiger partial charge in [-0.15, -0.1) is 0 Å². The molecule has 0 bridgehead atoms. The summed E-state index contributed by atoms with van der Waals surface area (Å²) in [6.07, 6.45) is 0.814. The van der Waals surface area contributed by atoms with E-state index in [2.05, 4.69) is 12.1 Å². The molecule has 1 aromatic heterocycles. The number of nitrogens with zero attached hydrogens (tertiary/aromatic N) is 1. The highest BCUT2D eigenvalue weighted by molar-refractivity contribution is 5.87. The van der Waals surface area contributed by atoms with Crippen molar-refractivity contribution in [3.05, 3.63) is 59.4 Å². The molecule has 0 amide bonds. The second-order valence-electron chi connectivity index (χ2n) is 3.92. The third kappa shape index (κ3) is 2.38. The average Bonchev–Trinajstić information content (AvgIpc) is 2.72. The van der Waals surface area contributed by atoms with Crippen molar-refractivity contribution in [2.75, 3.05) is 7.11 Å². The van der Waals surface area contributed by atoms with Gasteiger partial charge < -0.3 is 9.30 Å². The van der Waals surface area contributed by atoms with Gasteiger partial charge in [0.2, 0.25) is 0 Å². The Labute approximate surface area is 101 Å². The van der Waals surface area contributed by atoms with E-state index in [1.807, 2.05) is 35.9 Å². The minimum Gasteiger partial charge on any atom is -0.464 e. The molecule has 88 valence electrons. The molecule has 1 heterocycles. The van der Waals surface area contributed by atoms with Crippen LogP contribution in [0.4, 0.5) is 0 Å². The van der Waals surface area contributed by atoms with E-state index in [1.54, 1.807) is 6.07 Å². The molecule has 0 spiro atoms. The summed E-state index contributed by atoms with van der Waals surface area (Å²) in [7, 11) is 3.27. The van der Waals surface area contributed by atoms with Crippen molar-refractivity contribution in [3.63, 3.8) is 0 Å². The molecule has 3 nitrogen and oxygen atoms in total. The molecular formula is C14H15NO2. The normalized spacial score (nSPS) is 10.2. The Morgan fingerprint density at radius 3 is 2.53 bits per heavy atom. The molecule has 0 atom stereocenters. The van der Waals surface area contributed by atoms with Crippen LogP contribution in [0.1, 0.15) is 21.7 Å². The van der Waals surface area contributed by atoms with Crippen LogP contribution in [0, 0.1) is 0 Å². The number of ether oxygens (including phenoxy) is 1. The zero-order chi connectivity index (χ0) is 12.3. The second kappa shape index (κ2) is 4.87. The van der Waals surface area contributed by atoms with Gasteiger partial charge in [0.05, 0.1) is 7.11 Å². The van der Waals surface area contributed by atoms with Gasteiger partial charge in [0, 0.05) is 19.2 Å². The van der Waals surface area contributed by atoms with Crippen molar-refractivity contribution in [2.45, 2.75) is 6.42 Å². The van der Waals surface area contributed by atoms with Crippen molar-refractivity contribution in [1.82, 2.24) is 4.57 Å². The third-order valence-electron chi connectivity index (χ3n) is 2.85. The zero-order valence-electron chi connectivity index (χ0n) is 10.0. The Hall–Kier alpha value is -2.03. The number of hydrogen-bond acceptors (Lipinski definition) is 2. The Kier molecular flexibility index (Phi) is 3.28. The lowest BCUT2D eigenvalue weighted by atomic mass is 10.1. The number of aromatic nitrogens is 1. The van der Waals surface area contributed by atoms with Crippen molar-refractivity contribution >= 4 is 5.97 Å². The summed E-state index contributed by atoms with van der Waals surface area (Å²) in [5, 5.41) is 0. The molecule has 0 aliphatic carbocycles. The summed E-state index contributed by atoms with van der Waals surface area (Å²) >= 11 is 0. The maximum atomic E-state index is 11.5. The van der Waals surface area contributed by atoms with Gasteiger partial charge in [-0.2, -0.15) is 0 Å². The van der Waals surface area contributed by atoms with Gasteiger partial charge >= 0.3 is 5.97 Å². The fourth-order valence-electron chi connectivity index (χ4n) is 1.85. The van der Waals surface area contributed by atoms with E-state index in [0.29, 0.717) is 5.69 Å². The van der Waals surface area contributed by atoms with Crippen LogP contribution in [0.5, 0.6) is 0 Å². The van der Waals surface area contributed by atoms with Gasteiger partial charge in [0.25, 0.3) is 0 Å². The second-order valence-corrected chi connectivity index (χ2v) is 3.92. The van der Waals surface area contributed by atoms with E-state index < -0.39 is 0 Å². The van der Waals surface area contributed by atoms with Gasteiger partial charge in [0.1, 0.15) is 5.69 Å². The van der Waals surface area contributed by atoms with Gasteiger partial charge in [-0.05, 0) is 17.7 Å². The van der Waals surface area contributed by atoms with E-state index in [9.17, 15) is 4.79 Å². The van der Waals surface area contributed by atoms with Gasteiger partial charge in [-0.3, -0.25) is 0 Å². The standard InChI is InChI=1S/C14H15NO2/c1-15-12(8-9-13(15)14(16)17-2)10-11-6-4-3-5-7-11/h3-9H,10H2,1-2H3. The smallest absolute Gasteiger partial charge is 0.354 e. The number of carbonyl (C=O) groups excluding carboxylic acids is 1. The van der Waals surface area contributed by atoms with Crippen LogP contribution in [0.3, 0.4) is 0 Å². The first-order valence-electron chi connectivity index (χ1n) is 5.49. The largest absolute Gasteiger partial charge is 0.464 e. The summed E-state index contributed by atoms with van der Waals surface area (Å²) in [4.78, 5) is 11.5. The molecule has 0 unspecified atom stereocenters. The van der Waals surface area contributed by atoms with E-state index in [1.165, 1.54) is 12.7 Å². The summed E-state index contributed by atoms with van der Waals surface area (Å²) in [6, 6.07) is 13.9.